The summed E-state index contributed by atoms with van der Waals surface area (Å²) in [5, 5.41) is 16.0. The Balaban J connectivity index is 1.03. The lowest BCUT2D eigenvalue weighted by atomic mass is 9.53. The van der Waals surface area contributed by atoms with Crippen LogP contribution in [0.3, 0.4) is 0 Å². The Kier molecular flexibility index (Phi) is 8.71. The summed E-state index contributed by atoms with van der Waals surface area (Å²) in [6.45, 7) is 3.00. The number of ether oxygens (including phenoxy) is 2. The molecule has 3 aromatic rings. The summed E-state index contributed by atoms with van der Waals surface area (Å²) in [4.78, 5) is 15.5. The Hall–Kier alpha value is -3.23. The molecule has 2 amide bonds. The quantitative estimate of drug-likeness (QED) is 0.234. The van der Waals surface area contributed by atoms with Gasteiger partial charge in [0.2, 0.25) is 0 Å². The maximum absolute atomic E-state index is 13.1. The highest BCUT2D eigenvalue weighted by Crippen LogP contribution is 2.55. The van der Waals surface area contributed by atoms with Crippen molar-refractivity contribution in [1.29, 1.82) is 0 Å². The molecule has 4 saturated carbocycles. The van der Waals surface area contributed by atoms with E-state index in [1.54, 1.807) is 0 Å². The second kappa shape index (κ2) is 12.9. The van der Waals surface area contributed by atoms with E-state index in [0.29, 0.717) is 0 Å². The molecule has 45 heavy (non-hydrogen) atoms. The molecule has 1 saturated heterocycles. The fourth-order valence-corrected chi connectivity index (χ4v) is 8.89. The zero-order chi connectivity index (χ0) is 31.0. The van der Waals surface area contributed by atoms with E-state index in [2.05, 4.69) is 53.8 Å². The van der Waals surface area contributed by atoms with Crippen LogP contribution in [0.25, 0.3) is 0 Å². The van der Waals surface area contributed by atoms with Crippen molar-refractivity contribution in [2.24, 2.45) is 17.8 Å². The molecule has 0 aromatic heterocycles. The number of benzene rings is 3. The minimum absolute atomic E-state index is 0.0171. The lowest BCUT2D eigenvalue weighted by Crippen LogP contribution is -2.60. The lowest BCUT2D eigenvalue weighted by Gasteiger charge is -2.56. The standard InChI is InChI=1S/C38H47N3O4/c1-25(30-6-4-3-5-7-30)41(2)23-34-19-35(31-10-8-26(24-42)9-11-31)45-36(44-34)32-12-14-33(15-13-32)39-37(43)40-38-20-27-16-28(21-38)18-29(17-27)22-38/h3-15,25,27-29,34-36,42H,16-24H2,1-2H3,(H2,39,40,43). The summed E-state index contributed by atoms with van der Waals surface area (Å²) < 4.78 is 13.2. The Morgan fingerprint density at radius 3 is 2.11 bits per heavy atom. The van der Waals surface area contributed by atoms with E-state index in [-0.39, 0.29) is 36.4 Å². The van der Waals surface area contributed by atoms with Crippen molar-refractivity contribution in [1.82, 2.24) is 10.2 Å². The number of aliphatic hydroxyl groups excluding tert-OH is 1. The monoisotopic (exact) mass is 609 g/mol. The van der Waals surface area contributed by atoms with Gasteiger partial charge < -0.3 is 25.2 Å². The number of anilines is 1. The zero-order valence-corrected chi connectivity index (χ0v) is 26.5. The minimum atomic E-state index is -0.540. The van der Waals surface area contributed by atoms with Gasteiger partial charge in [-0.05, 0) is 99.1 Å². The number of likely N-dealkylation sites (N-methyl/N-ethyl adjacent to an activating group) is 1. The average molecular weight is 610 g/mol. The number of hydrogen-bond acceptors (Lipinski definition) is 5. The van der Waals surface area contributed by atoms with Crippen LogP contribution in [0.2, 0.25) is 0 Å². The van der Waals surface area contributed by atoms with Crippen molar-refractivity contribution < 1.29 is 19.4 Å². The number of carbonyl (C=O) groups excluding carboxylic acids is 1. The highest BCUT2D eigenvalue weighted by Gasteiger charge is 2.51. The summed E-state index contributed by atoms with van der Waals surface area (Å²) in [7, 11) is 2.14. The Morgan fingerprint density at radius 2 is 1.49 bits per heavy atom. The van der Waals surface area contributed by atoms with Gasteiger partial charge in [0.1, 0.15) is 0 Å². The summed E-state index contributed by atoms with van der Waals surface area (Å²) in [5.74, 6) is 2.36. The summed E-state index contributed by atoms with van der Waals surface area (Å²) in [6.07, 6.45) is 7.45. The van der Waals surface area contributed by atoms with E-state index in [9.17, 15) is 9.90 Å². The maximum atomic E-state index is 13.1. The van der Waals surface area contributed by atoms with Gasteiger partial charge in [0, 0.05) is 35.8 Å². The Bertz CT molecular complexity index is 1410. The molecular formula is C38H47N3O4. The smallest absolute Gasteiger partial charge is 0.319 e. The van der Waals surface area contributed by atoms with Crippen molar-refractivity contribution in [3.63, 3.8) is 0 Å². The van der Waals surface area contributed by atoms with Crippen molar-refractivity contribution in [3.8, 4) is 0 Å². The van der Waals surface area contributed by atoms with Gasteiger partial charge >= 0.3 is 6.03 Å². The molecule has 5 aliphatic rings. The molecule has 3 aromatic carbocycles. The van der Waals surface area contributed by atoms with Gasteiger partial charge in [0.05, 0.1) is 18.8 Å². The maximum Gasteiger partial charge on any atom is 0.319 e. The molecule has 4 bridgehead atoms. The average Bonchev–Trinajstić information content (AvgIpc) is 3.04. The second-order valence-electron chi connectivity index (χ2n) is 14.3. The van der Waals surface area contributed by atoms with Crippen molar-refractivity contribution >= 4 is 11.7 Å². The van der Waals surface area contributed by atoms with Gasteiger partial charge in [-0.3, -0.25) is 4.90 Å². The van der Waals surface area contributed by atoms with Gasteiger partial charge in [0.25, 0.3) is 0 Å². The first-order valence-corrected chi connectivity index (χ1v) is 16.8. The minimum Gasteiger partial charge on any atom is -0.392 e. The summed E-state index contributed by atoms with van der Waals surface area (Å²) in [6, 6.07) is 26.6. The number of hydrogen-bond donors (Lipinski definition) is 3. The van der Waals surface area contributed by atoms with E-state index in [1.807, 2.05) is 54.6 Å². The van der Waals surface area contributed by atoms with Crippen LogP contribution in [0.15, 0.2) is 78.9 Å². The molecule has 3 N–H and O–H groups in total. The van der Waals surface area contributed by atoms with Crippen LogP contribution in [-0.4, -0.2) is 41.3 Å². The highest BCUT2D eigenvalue weighted by atomic mass is 16.7. The first kappa shape index (κ1) is 30.4. The third kappa shape index (κ3) is 6.82. The van der Waals surface area contributed by atoms with E-state index in [4.69, 9.17) is 9.47 Å². The van der Waals surface area contributed by atoms with Crippen LogP contribution in [0.1, 0.15) is 92.6 Å². The molecule has 8 rings (SSSR count). The normalized spacial score (nSPS) is 31.1. The SMILES string of the molecule is CC(c1ccccc1)N(C)CC1CC(c2ccc(CO)cc2)OC(c2ccc(NC(=O)NC34CC5CC(CC(C5)C3)C4)cc2)O1. The number of amides is 2. The first-order chi connectivity index (χ1) is 21.8. The topological polar surface area (TPSA) is 83.1 Å². The molecule has 238 valence electrons. The zero-order valence-electron chi connectivity index (χ0n) is 26.5. The Morgan fingerprint density at radius 1 is 0.867 bits per heavy atom. The predicted molar refractivity (Wildman–Crippen MR) is 175 cm³/mol. The van der Waals surface area contributed by atoms with E-state index in [1.165, 1.54) is 24.8 Å². The van der Waals surface area contributed by atoms with Crippen LogP contribution in [0.5, 0.6) is 0 Å². The largest absolute Gasteiger partial charge is 0.392 e. The molecule has 0 radical (unpaired) electrons. The van der Waals surface area contributed by atoms with Crippen molar-refractivity contribution in [3.05, 3.63) is 101 Å². The number of urea groups is 1. The fraction of sp³-hybridized carbons (Fsp3) is 0.500. The molecular weight excluding hydrogens is 562 g/mol. The third-order valence-electron chi connectivity index (χ3n) is 10.9. The van der Waals surface area contributed by atoms with Crippen LogP contribution in [-0.2, 0) is 16.1 Å². The molecule has 5 fully saturated rings. The number of carbonyl (C=O) groups is 1. The van der Waals surface area contributed by atoms with Gasteiger partial charge in [-0.2, -0.15) is 0 Å². The summed E-state index contributed by atoms with van der Waals surface area (Å²) in [5.41, 5.74) is 4.89. The molecule has 4 aliphatic carbocycles. The van der Waals surface area contributed by atoms with E-state index in [0.717, 1.165) is 72.4 Å². The molecule has 7 heteroatoms. The predicted octanol–water partition coefficient (Wildman–Crippen LogP) is 7.51. The summed E-state index contributed by atoms with van der Waals surface area (Å²) >= 11 is 0. The van der Waals surface area contributed by atoms with Crippen LogP contribution in [0.4, 0.5) is 10.5 Å². The van der Waals surface area contributed by atoms with Gasteiger partial charge in [-0.25, -0.2) is 4.79 Å². The van der Waals surface area contributed by atoms with Crippen molar-refractivity contribution in [2.45, 2.75) is 88.6 Å². The lowest BCUT2D eigenvalue weighted by molar-refractivity contribution is -0.253. The molecule has 0 spiro atoms. The first-order valence-electron chi connectivity index (χ1n) is 16.8. The van der Waals surface area contributed by atoms with E-state index < -0.39 is 6.29 Å². The fourth-order valence-electron chi connectivity index (χ4n) is 8.89. The molecule has 4 atom stereocenters. The third-order valence-corrected chi connectivity index (χ3v) is 10.9. The van der Waals surface area contributed by atoms with Crippen LogP contribution < -0.4 is 10.6 Å². The number of aliphatic hydroxyl groups is 1. The molecule has 4 unspecified atom stereocenters. The van der Waals surface area contributed by atoms with Crippen LogP contribution >= 0.6 is 0 Å². The molecule has 7 nitrogen and oxygen atoms in total. The van der Waals surface area contributed by atoms with Gasteiger partial charge in [-0.15, -0.1) is 0 Å². The van der Waals surface area contributed by atoms with Crippen LogP contribution in [0, 0.1) is 17.8 Å². The second-order valence-corrected chi connectivity index (χ2v) is 14.3. The number of nitrogens with one attached hydrogen (secondary N) is 2. The van der Waals surface area contributed by atoms with Gasteiger partial charge in [0.15, 0.2) is 6.29 Å². The molecule has 1 heterocycles. The van der Waals surface area contributed by atoms with Crippen molar-refractivity contribution in [2.75, 3.05) is 18.9 Å². The highest BCUT2D eigenvalue weighted by molar-refractivity contribution is 5.89. The van der Waals surface area contributed by atoms with E-state index >= 15 is 0 Å². The number of nitrogens with zero attached hydrogens (tertiary/aromatic N) is 1. The molecule has 1 aliphatic heterocycles. The Labute approximate surface area is 267 Å². The number of rotatable bonds is 9. The van der Waals surface area contributed by atoms with Gasteiger partial charge in [-0.1, -0.05) is 66.7 Å².